The highest BCUT2D eigenvalue weighted by Crippen LogP contribution is 2.28. The third kappa shape index (κ3) is 4.38. The average molecular weight is 474 g/mol. The maximum absolute atomic E-state index is 12.7. The van der Waals surface area contributed by atoms with E-state index in [1.165, 1.54) is 28.6 Å². The molecular weight excluding hydrogens is 450 g/mol. The Morgan fingerprint density at radius 3 is 2.34 bits per heavy atom. The summed E-state index contributed by atoms with van der Waals surface area (Å²) in [5.41, 5.74) is 6.32. The van der Waals surface area contributed by atoms with Crippen molar-refractivity contribution in [2.75, 3.05) is 19.3 Å². The molecule has 0 bridgehead atoms. The summed E-state index contributed by atoms with van der Waals surface area (Å²) in [5, 5.41) is 0.855. The number of sulfonamides is 1. The molecule has 0 atom stereocenters. The summed E-state index contributed by atoms with van der Waals surface area (Å²) in [6.07, 6.45) is 3.63. The van der Waals surface area contributed by atoms with Crippen molar-refractivity contribution in [3.8, 4) is 0 Å². The maximum Gasteiger partial charge on any atom is 0.305 e. The van der Waals surface area contributed by atoms with Crippen LogP contribution in [0.1, 0.15) is 39.3 Å². The lowest BCUT2D eigenvalue weighted by Crippen LogP contribution is -2.41. The number of fused-ring (bicyclic) bond motifs is 1. The van der Waals surface area contributed by atoms with E-state index in [0.717, 1.165) is 23.8 Å². The van der Waals surface area contributed by atoms with Crippen molar-refractivity contribution in [1.82, 2.24) is 15.2 Å². The molecule has 2 aromatic carbocycles. The van der Waals surface area contributed by atoms with E-state index in [1.54, 1.807) is 17.8 Å². The highest BCUT2D eigenvalue weighted by atomic mass is 32.2. The molecule has 168 valence electrons. The molecule has 2 amide bonds. The smallest absolute Gasteiger partial charge is 0.305 e. The van der Waals surface area contributed by atoms with E-state index in [0.29, 0.717) is 24.4 Å². The van der Waals surface area contributed by atoms with Crippen LogP contribution in [0.15, 0.2) is 57.8 Å². The number of hydrazine groups is 1. The molecule has 1 fully saturated rings. The first-order valence-corrected chi connectivity index (χ1v) is 13.0. The van der Waals surface area contributed by atoms with Crippen LogP contribution in [0.4, 0.5) is 0 Å². The first-order valence-electron chi connectivity index (χ1n) is 10.1. The molecule has 8 nitrogen and oxygen atoms in total. The summed E-state index contributed by atoms with van der Waals surface area (Å²) < 4.78 is 32.4. The van der Waals surface area contributed by atoms with Gasteiger partial charge in [0.2, 0.25) is 10.0 Å². The van der Waals surface area contributed by atoms with Gasteiger partial charge in [-0.1, -0.05) is 18.2 Å². The minimum atomic E-state index is -3.55. The Kier molecular flexibility index (Phi) is 6.54. The molecule has 1 aliphatic rings. The minimum absolute atomic E-state index is 0.143. The zero-order valence-corrected chi connectivity index (χ0v) is 19.1. The fourth-order valence-corrected chi connectivity index (χ4v) is 5.76. The molecule has 2 N–H and O–H groups in total. The van der Waals surface area contributed by atoms with Gasteiger partial charge in [0.25, 0.3) is 5.91 Å². The molecule has 0 aliphatic carbocycles. The molecule has 1 aromatic heterocycles. The van der Waals surface area contributed by atoms with Crippen LogP contribution in [0.25, 0.3) is 11.0 Å². The fourth-order valence-electron chi connectivity index (χ4n) is 3.67. The van der Waals surface area contributed by atoms with E-state index in [1.807, 2.05) is 24.5 Å². The van der Waals surface area contributed by atoms with Gasteiger partial charge in [0, 0.05) is 35.4 Å². The van der Waals surface area contributed by atoms with Gasteiger partial charge in [-0.3, -0.25) is 20.4 Å². The van der Waals surface area contributed by atoms with E-state index < -0.39 is 21.8 Å². The van der Waals surface area contributed by atoms with Crippen molar-refractivity contribution in [2.45, 2.75) is 23.5 Å². The Morgan fingerprint density at radius 1 is 1.00 bits per heavy atom. The van der Waals surface area contributed by atoms with Gasteiger partial charge >= 0.3 is 5.91 Å². The van der Waals surface area contributed by atoms with Crippen molar-refractivity contribution in [1.29, 1.82) is 0 Å². The number of nitrogens with one attached hydrogen (secondary N) is 2. The topological polar surface area (TPSA) is 109 Å². The zero-order chi connectivity index (χ0) is 22.7. The Labute approximate surface area is 190 Å². The molecule has 0 radical (unpaired) electrons. The molecule has 4 rings (SSSR count). The number of furan rings is 1. The standard InChI is InChI=1S/C22H23N3O5S2/c1-31-14-18-17-6-2-3-7-19(17)30-20(18)22(27)24-23-21(26)15-8-10-16(11-9-15)32(28,29)25-12-4-5-13-25/h2-3,6-11H,4-5,12-14H2,1H3,(H,23,26)(H,24,27). The largest absolute Gasteiger partial charge is 0.451 e. The number of hydrogen-bond donors (Lipinski definition) is 2. The predicted molar refractivity (Wildman–Crippen MR) is 123 cm³/mol. The summed E-state index contributed by atoms with van der Waals surface area (Å²) >= 11 is 1.56. The lowest BCUT2D eigenvalue weighted by Gasteiger charge is -2.15. The number of hydrogen-bond acceptors (Lipinski definition) is 6. The number of carbonyl (C=O) groups is 2. The second-order valence-electron chi connectivity index (χ2n) is 7.38. The van der Waals surface area contributed by atoms with Crippen LogP contribution in [0.2, 0.25) is 0 Å². The summed E-state index contributed by atoms with van der Waals surface area (Å²) in [7, 11) is -3.55. The van der Waals surface area contributed by atoms with Gasteiger partial charge in [-0.05, 0) is 49.4 Å². The zero-order valence-electron chi connectivity index (χ0n) is 17.5. The molecule has 2 heterocycles. The molecule has 10 heteroatoms. The van der Waals surface area contributed by atoms with Gasteiger partial charge in [-0.15, -0.1) is 0 Å². The summed E-state index contributed by atoms with van der Waals surface area (Å²) in [4.78, 5) is 25.3. The van der Waals surface area contributed by atoms with E-state index in [9.17, 15) is 18.0 Å². The summed E-state index contributed by atoms with van der Waals surface area (Å²) in [5.74, 6) is -0.397. The monoisotopic (exact) mass is 473 g/mol. The molecule has 1 saturated heterocycles. The van der Waals surface area contributed by atoms with Crippen LogP contribution in [-0.2, 0) is 15.8 Å². The molecular formula is C22H23N3O5S2. The first kappa shape index (κ1) is 22.4. The van der Waals surface area contributed by atoms with Crippen molar-refractivity contribution in [3.63, 3.8) is 0 Å². The average Bonchev–Trinajstić information content (AvgIpc) is 3.47. The number of para-hydroxylation sites is 1. The van der Waals surface area contributed by atoms with Crippen LogP contribution >= 0.6 is 11.8 Å². The van der Waals surface area contributed by atoms with E-state index >= 15 is 0 Å². The number of carbonyl (C=O) groups excluding carboxylic acids is 2. The van der Waals surface area contributed by atoms with Gasteiger partial charge in [-0.25, -0.2) is 8.42 Å². The SMILES string of the molecule is CSCc1c(C(=O)NNC(=O)c2ccc(S(=O)(=O)N3CCCC3)cc2)oc2ccccc12. The van der Waals surface area contributed by atoms with Crippen LogP contribution in [0.5, 0.6) is 0 Å². The Hall–Kier alpha value is -2.82. The Morgan fingerprint density at radius 2 is 1.66 bits per heavy atom. The quantitative estimate of drug-likeness (QED) is 0.533. The molecule has 32 heavy (non-hydrogen) atoms. The maximum atomic E-state index is 12.7. The molecule has 3 aromatic rings. The molecule has 1 aliphatic heterocycles. The third-order valence-electron chi connectivity index (χ3n) is 5.30. The minimum Gasteiger partial charge on any atom is -0.451 e. The lowest BCUT2D eigenvalue weighted by atomic mass is 10.1. The van der Waals surface area contributed by atoms with Gasteiger partial charge in [0.15, 0.2) is 5.76 Å². The number of rotatable bonds is 6. The van der Waals surface area contributed by atoms with Crippen molar-refractivity contribution in [2.24, 2.45) is 0 Å². The number of thioether (sulfide) groups is 1. The number of nitrogens with zero attached hydrogens (tertiary/aromatic N) is 1. The second-order valence-corrected chi connectivity index (χ2v) is 10.2. The fraction of sp³-hybridized carbons (Fsp3) is 0.273. The highest BCUT2D eigenvalue weighted by Gasteiger charge is 2.27. The second kappa shape index (κ2) is 9.35. The number of amides is 2. The lowest BCUT2D eigenvalue weighted by molar-refractivity contribution is 0.0831. The summed E-state index contributed by atoms with van der Waals surface area (Å²) in [6, 6.07) is 13.0. The van der Waals surface area contributed by atoms with Crippen molar-refractivity contribution >= 4 is 44.6 Å². The molecule has 0 unspecified atom stereocenters. The number of benzene rings is 2. The van der Waals surface area contributed by atoms with Gasteiger partial charge < -0.3 is 4.42 Å². The normalized spacial score (nSPS) is 14.5. The highest BCUT2D eigenvalue weighted by molar-refractivity contribution is 7.97. The van der Waals surface area contributed by atoms with Crippen LogP contribution < -0.4 is 10.9 Å². The van der Waals surface area contributed by atoms with Crippen LogP contribution in [-0.4, -0.2) is 43.9 Å². The third-order valence-corrected chi connectivity index (χ3v) is 7.79. The Balaban J connectivity index is 1.44. The van der Waals surface area contributed by atoms with E-state index in [2.05, 4.69) is 10.9 Å². The van der Waals surface area contributed by atoms with Crippen LogP contribution in [0, 0.1) is 0 Å². The molecule has 0 spiro atoms. The van der Waals surface area contributed by atoms with Gasteiger partial charge in [0.1, 0.15) is 5.58 Å². The van der Waals surface area contributed by atoms with Gasteiger partial charge in [-0.2, -0.15) is 16.1 Å². The van der Waals surface area contributed by atoms with Crippen LogP contribution in [0.3, 0.4) is 0 Å². The Bertz CT molecular complexity index is 1250. The predicted octanol–water partition coefficient (Wildman–Crippen LogP) is 3.16. The van der Waals surface area contributed by atoms with Gasteiger partial charge in [0.05, 0.1) is 4.90 Å². The first-order chi connectivity index (χ1) is 15.4. The van der Waals surface area contributed by atoms with E-state index in [-0.39, 0.29) is 16.2 Å². The molecule has 0 saturated carbocycles. The van der Waals surface area contributed by atoms with E-state index in [4.69, 9.17) is 4.42 Å². The summed E-state index contributed by atoms with van der Waals surface area (Å²) in [6.45, 7) is 1.02. The van der Waals surface area contributed by atoms with Crippen molar-refractivity contribution in [3.05, 3.63) is 65.4 Å². The van der Waals surface area contributed by atoms with Crippen molar-refractivity contribution < 1.29 is 22.4 Å².